The van der Waals surface area contributed by atoms with E-state index in [1.807, 2.05) is 0 Å². The van der Waals surface area contributed by atoms with Crippen molar-refractivity contribution in [2.24, 2.45) is 0 Å². The lowest BCUT2D eigenvalue weighted by molar-refractivity contribution is -0.461. The number of carboxylic acid groups (broad SMARTS) is 2. The molecule has 0 fully saturated rings. The zero-order chi connectivity index (χ0) is 36.5. The van der Waals surface area contributed by atoms with Gasteiger partial charge in [-0.1, -0.05) is 24.3 Å². The Morgan fingerprint density at radius 2 is 1.02 bits per heavy atom. The third-order valence-corrected chi connectivity index (χ3v) is 5.88. The summed E-state index contributed by atoms with van der Waals surface area (Å²) in [6.07, 6.45) is -14.6. The maximum Gasteiger partial charge on any atom is 0.460 e. The highest BCUT2D eigenvalue weighted by Gasteiger charge is 2.95. The number of rotatable bonds is 15. The molecule has 0 aliphatic heterocycles. The maximum atomic E-state index is 14.1. The Labute approximate surface area is 243 Å². The number of ether oxygens (including phenoxy) is 1. The summed E-state index contributed by atoms with van der Waals surface area (Å²) in [7, 11) is 0. The fourth-order valence-electron chi connectivity index (χ4n) is 3.16. The van der Waals surface area contributed by atoms with Gasteiger partial charge in [0.1, 0.15) is 12.6 Å². The minimum atomic E-state index is -8.71. The van der Waals surface area contributed by atoms with Crippen LogP contribution in [0, 0.1) is 0 Å². The van der Waals surface area contributed by atoms with Crippen molar-refractivity contribution in [2.45, 2.75) is 79.5 Å². The number of alkyl halides is 17. The summed E-state index contributed by atoms with van der Waals surface area (Å²) < 4.78 is 232. The van der Waals surface area contributed by atoms with Gasteiger partial charge in [0.05, 0.1) is 6.42 Å². The van der Waals surface area contributed by atoms with Gasteiger partial charge in [0.2, 0.25) is 0 Å². The summed E-state index contributed by atoms with van der Waals surface area (Å²) in [5.41, 5.74) is -0.640. The summed E-state index contributed by atoms with van der Waals surface area (Å²) in [6.45, 7) is -0.757. The Hall–Kier alpha value is -3.76. The second-order valence-electron chi connectivity index (χ2n) is 9.17. The summed E-state index contributed by atoms with van der Waals surface area (Å²) >= 11 is 0. The van der Waals surface area contributed by atoms with E-state index in [0.717, 1.165) is 24.3 Å². The highest BCUT2D eigenvalue weighted by Crippen LogP contribution is 2.64. The number of benzene rings is 1. The monoisotopic (exact) mass is 713 g/mol. The van der Waals surface area contributed by atoms with Crippen LogP contribution in [0.15, 0.2) is 24.3 Å². The van der Waals surface area contributed by atoms with Gasteiger partial charge in [-0.3, -0.25) is 4.79 Å². The van der Waals surface area contributed by atoms with Crippen LogP contribution in [0.4, 0.5) is 79.4 Å². The van der Waals surface area contributed by atoms with Gasteiger partial charge in [0.15, 0.2) is 0 Å². The molecule has 264 valence electrons. The molecule has 1 amide bonds. The van der Waals surface area contributed by atoms with Crippen molar-refractivity contribution in [3.63, 3.8) is 0 Å². The van der Waals surface area contributed by atoms with E-state index in [0.29, 0.717) is 0 Å². The zero-order valence-electron chi connectivity index (χ0n) is 21.7. The molecule has 0 bridgehead atoms. The first-order valence-corrected chi connectivity index (χ1v) is 11.5. The average Bonchev–Trinajstić information content (AvgIpc) is 2.89. The van der Waals surface area contributed by atoms with Crippen molar-refractivity contribution in [3.8, 4) is 0 Å². The Morgan fingerprint density at radius 1 is 0.630 bits per heavy atom. The van der Waals surface area contributed by atoms with Crippen molar-refractivity contribution < 1.29 is 104 Å². The molecule has 1 rings (SSSR count). The fraction of sp³-hybridized carbons (Fsp3) is 0.591. The molecule has 46 heavy (non-hydrogen) atoms. The molecule has 0 saturated carbocycles. The smallest absolute Gasteiger partial charge is 0.460 e. The van der Waals surface area contributed by atoms with E-state index >= 15 is 0 Å². The molecular formula is C22H16F17NO6. The van der Waals surface area contributed by atoms with Gasteiger partial charge in [0, 0.05) is 6.42 Å². The minimum Gasteiger partial charge on any atom is -0.481 e. The SMILES string of the molecule is O=C(O)C[C@H](NC(=O)OCc1ccc(CCC(F)(F)C(F)(F)C(F)(F)C(F)(F)C(F)(F)C(F)(F)C(F)(F)C(F)(F)F)cc1)C(=O)O. The van der Waals surface area contributed by atoms with Crippen molar-refractivity contribution in [2.75, 3.05) is 0 Å². The summed E-state index contributed by atoms with van der Waals surface area (Å²) in [4.78, 5) is 33.1. The van der Waals surface area contributed by atoms with E-state index < -0.39 is 103 Å². The lowest BCUT2D eigenvalue weighted by Gasteiger charge is -2.42. The quantitative estimate of drug-likeness (QED) is 0.173. The van der Waals surface area contributed by atoms with Crippen LogP contribution in [0.5, 0.6) is 0 Å². The Bertz CT molecular complexity index is 1260. The van der Waals surface area contributed by atoms with Crippen molar-refractivity contribution in [1.29, 1.82) is 0 Å². The van der Waals surface area contributed by atoms with E-state index in [9.17, 15) is 89.0 Å². The number of aliphatic carboxylic acids is 2. The second kappa shape index (κ2) is 12.8. The molecule has 0 unspecified atom stereocenters. The first kappa shape index (κ1) is 40.3. The van der Waals surface area contributed by atoms with Gasteiger partial charge >= 0.3 is 65.7 Å². The number of carbonyl (C=O) groups excluding carboxylic acids is 1. The Morgan fingerprint density at radius 3 is 1.41 bits per heavy atom. The van der Waals surface area contributed by atoms with Crippen molar-refractivity contribution in [3.05, 3.63) is 35.4 Å². The molecule has 0 aliphatic carbocycles. The number of aryl methyl sites for hydroxylation is 1. The topological polar surface area (TPSA) is 113 Å². The van der Waals surface area contributed by atoms with Crippen LogP contribution < -0.4 is 5.32 Å². The first-order chi connectivity index (χ1) is 20.3. The fourth-order valence-corrected chi connectivity index (χ4v) is 3.16. The molecule has 0 aliphatic rings. The third-order valence-electron chi connectivity index (χ3n) is 5.88. The van der Waals surface area contributed by atoms with Crippen LogP contribution >= 0.6 is 0 Å². The van der Waals surface area contributed by atoms with Gasteiger partial charge < -0.3 is 20.3 Å². The largest absolute Gasteiger partial charge is 0.481 e. The summed E-state index contributed by atoms with van der Waals surface area (Å²) in [5.74, 6) is -60.3. The molecule has 7 nitrogen and oxygen atoms in total. The first-order valence-electron chi connectivity index (χ1n) is 11.5. The van der Waals surface area contributed by atoms with Crippen molar-refractivity contribution in [1.82, 2.24) is 5.32 Å². The Balaban J connectivity index is 3.11. The molecule has 3 N–H and O–H groups in total. The molecule has 1 aromatic rings. The minimum absolute atomic E-state index is 0.0916. The summed E-state index contributed by atoms with van der Waals surface area (Å²) in [6, 6.07) is 1.21. The lowest BCUT2D eigenvalue weighted by atomic mass is 9.87. The number of alkyl carbamates (subject to hydrolysis) is 1. The number of amides is 1. The predicted octanol–water partition coefficient (Wildman–Crippen LogP) is 6.78. The number of hydrogen-bond donors (Lipinski definition) is 3. The van der Waals surface area contributed by atoms with E-state index in [1.165, 1.54) is 0 Å². The molecule has 1 atom stereocenters. The standard InChI is InChI=1S/C22H16F17NO6/c23-15(24,6-5-9-1-3-10(4-2-9)8-46-14(45)40-11(13(43)44)7-12(41)42)16(25,26)17(27,28)18(29,30)19(31,32)20(33,34)21(35,36)22(37,38)39/h1-4,11H,5-8H2,(H,40,45)(H,41,42)(H,43,44)/t11-/m0/s1. The molecule has 0 heterocycles. The highest BCUT2D eigenvalue weighted by molar-refractivity contribution is 5.84. The summed E-state index contributed by atoms with van der Waals surface area (Å²) in [5, 5.41) is 19.0. The van der Waals surface area contributed by atoms with Gasteiger partial charge in [-0.25, -0.2) is 9.59 Å². The van der Waals surface area contributed by atoms with Gasteiger partial charge in [-0.2, -0.15) is 74.6 Å². The molecule has 24 heteroatoms. The zero-order valence-corrected chi connectivity index (χ0v) is 21.7. The number of carboxylic acids is 2. The van der Waals surface area contributed by atoms with E-state index in [1.54, 1.807) is 5.32 Å². The molecular weight excluding hydrogens is 697 g/mol. The number of hydrogen-bond acceptors (Lipinski definition) is 4. The molecule has 0 saturated heterocycles. The highest BCUT2D eigenvalue weighted by atomic mass is 19.4. The lowest BCUT2D eigenvalue weighted by Crippen LogP contribution is -2.74. The number of halogens is 17. The molecule has 1 aromatic carbocycles. The second-order valence-corrected chi connectivity index (χ2v) is 9.17. The van der Waals surface area contributed by atoms with Gasteiger partial charge in [0.25, 0.3) is 0 Å². The Kier molecular flexibility index (Phi) is 11.2. The predicted molar refractivity (Wildman–Crippen MR) is 112 cm³/mol. The van der Waals surface area contributed by atoms with E-state index in [4.69, 9.17) is 10.2 Å². The van der Waals surface area contributed by atoms with Gasteiger partial charge in [-0.15, -0.1) is 0 Å². The number of nitrogens with one attached hydrogen (secondary N) is 1. The third kappa shape index (κ3) is 7.28. The van der Waals surface area contributed by atoms with E-state index in [-0.39, 0.29) is 5.56 Å². The molecule has 0 spiro atoms. The van der Waals surface area contributed by atoms with Crippen LogP contribution in [-0.4, -0.2) is 81.9 Å². The number of carbonyl (C=O) groups is 3. The van der Waals surface area contributed by atoms with Crippen LogP contribution in [0.25, 0.3) is 0 Å². The van der Waals surface area contributed by atoms with E-state index in [2.05, 4.69) is 4.74 Å². The van der Waals surface area contributed by atoms with Crippen LogP contribution in [0.3, 0.4) is 0 Å². The maximum absolute atomic E-state index is 14.1. The molecule has 0 radical (unpaired) electrons. The molecule has 0 aromatic heterocycles. The van der Waals surface area contributed by atoms with Crippen LogP contribution in [0.1, 0.15) is 24.0 Å². The normalized spacial score (nSPS) is 14.9. The van der Waals surface area contributed by atoms with Crippen LogP contribution in [-0.2, 0) is 27.4 Å². The van der Waals surface area contributed by atoms with Crippen molar-refractivity contribution >= 4 is 18.0 Å². The van der Waals surface area contributed by atoms with Gasteiger partial charge in [-0.05, 0) is 17.5 Å². The average molecular weight is 713 g/mol. The van der Waals surface area contributed by atoms with Crippen LogP contribution in [0.2, 0.25) is 0 Å².